The van der Waals surface area contributed by atoms with Gasteiger partial charge in [-0.2, -0.15) is 5.10 Å². The normalized spacial score (nSPS) is 14.4. The highest BCUT2D eigenvalue weighted by Crippen LogP contribution is 2.32. The monoisotopic (exact) mass is 475 g/mol. The van der Waals surface area contributed by atoms with Crippen molar-refractivity contribution in [3.05, 3.63) is 72.8 Å². The molecule has 2 N–H and O–H groups in total. The highest BCUT2D eigenvalue weighted by Gasteiger charge is 2.16. The topological polar surface area (TPSA) is 104 Å². The SMILES string of the molecule is Cc1cn(-c2ccnc3[nH]c(-c4n[nH]c5cnc(-c6cncc(CN7CCCC7)c6)cc45)cc23)cn1. The van der Waals surface area contributed by atoms with Crippen LogP contribution in [0.1, 0.15) is 24.1 Å². The summed E-state index contributed by atoms with van der Waals surface area (Å²) in [5, 5.41) is 9.76. The molecule has 0 unspecified atom stereocenters. The average molecular weight is 476 g/mol. The molecule has 9 nitrogen and oxygen atoms in total. The average Bonchev–Trinajstić information content (AvgIpc) is 3.70. The number of likely N-dealkylation sites (tertiary alicyclic amines) is 1. The quantitative estimate of drug-likeness (QED) is 0.376. The molecule has 0 aliphatic carbocycles. The Kier molecular flexibility index (Phi) is 4.88. The number of hydrogen-bond donors (Lipinski definition) is 2. The zero-order valence-electron chi connectivity index (χ0n) is 19.9. The maximum atomic E-state index is 4.70. The lowest BCUT2D eigenvalue weighted by Gasteiger charge is -2.14. The Labute approximate surface area is 207 Å². The van der Waals surface area contributed by atoms with E-state index < -0.39 is 0 Å². The maximum absolute atomic E-state index is 4.70. The second-order valence-electron chi connectivity index (χ2n) is 9.45. The molecule has 9 heteroatoms. The van der Waals surface area contributed by atoms with Gasteiger partial charge in [0.05, 0.1) is 40.8 Å². The Morgan fingerprint density at radius 2 is 1.89 bits per heavy atom. The Morgan fingerprint density at radius 3 is 2.75 bits per heavy atom. The highest BCUT2D eigenvalue weighted by molar-refractivity contribution is 5.97. The molecule has 178 valence electrons. The molecule has 0 saturated carbocycles. The van der Waals surface area contributed by atoms with E-state index in [0.717, 1.165) is 75.6 Å². The molecule has 0 amide bonds. The van der Waals surface area contributed by atoms with Gasteiger partial charge in [0.1, 0.15) is 11.3 Å². The minimum atomic E-state index is 0.804. The van der Waals surface area contributed by atoms with Crippen LogP contribution in [0.25, 0.3) is 50.3 Å². The largest absolute Gasteiger partial charge is 0.338 e. The van der Waals surface area contributed by atoms with E-state index in [9.17, 15) is 0 Å². The molecule has 0 radical (unpaired) electrons. The zero-order chi connectivity index (χ0) is 24.1. The molecule has 7 heterocycles. The van der Waals surface area contributed by atoms with Crippen molar-refractivity contribution in [2.75, 3.05) is 13.1 Å². The van der Waals surface area contributed by atoms with Gasteiger partial charge in [-0.25, -0.2) is 9.97 Å². The van der Waals surface area contributed by atoms with Gasteiger partial charge in [-0.05, 0) is 62.7 Å². The van der Waals surface area contributed by atoms with Gasteiger partial charge < -0.3 is 9.55 Å². The Morgan fingerprint density at radius 1 is 0.972 bits per heavy atom. The highest BCUT2D eigenvalue weighted by atomic mass is 15.1. The first kappa shape index (κ1) is 21.0. The van der Waals surface area contributed by atoms with E-state index in [-0.39, 0.29) is 0 Å². The van der Waals surface area contributed by atoms with E-state index in [2.05, 4.69) is 53.2 Å². The summed E-state index contributed by atoms with van der Waals surface area (Å²) >= 11 is 0. The fourth-order valence-electron chi connectivity index (χ4n) is 5.11. The molecule has 1 aliphatic rings. The molecule has 1 aliphatic heterocycles. The first-order chi connectivity index (χ1) is 17.7. The van der Waals surface area contributed by atoms with Gasteiger partial charge in [0, 0.05) is 47.7 Å². The molecule has 0 spiro atoms. The van der Waals surface area contributed by atoms with Crippen LogP contribution in [0.4, 0.5) is 0 Å². The number of imidazole rings is 1. The summed E-state index contributed by atoms with van der Waals surface area (Å²) in [4.78, 5) is 24.1. The number of aromatic amines is 2. The van der Waals surface area contributed by atoms with Gasteiger partial charge in [-0.1, -0.05) is 0 Å². The lowest BCUT2D eigenvalue weighted by molar-refractivity contribution is 0.331. The molecule has 0 bridgehead atoms. The second kappa shape index (κ2) is 8.39. The van der Waals surface area contributed by atoms with Gasteiger partial charge in [-0.3, -0.25) is 20.0 Å². The number of nitrogens with one attached hydrogen (secondary N) is 2. The molecule has 1 saturated heterocycles. The van der Waals surface area contributed by atoms with E-state index in [0.29, 0.717) is 0 Å². The summed E-state index contributed by atoms with van der Waals surface area (Å²) in [6, 6.07) is 8.38. The van der Waals surface area contributed by atoms with Crippen LogP contribution >= 0.6 is 0 Å². The molecule has 6 aromatic rings. The Bertz CT molecular complexity index is 1700. The van der Waals surface area contributed by atoms with Gasteiger partial charge in [0.25, 0.3) is 0 Å². The smallest absolute Gasteiger partial charge is 0.139 e. The number of hydrogen-bond acceptors (Lipinski definition) is 6. The third-order valence-corrected chi connectivity index (χ3v) is 6.90. The van der Waals surface area contributed by atoms with Crippen molar-refractivity contribution in [1.29, 1.82) is 0 Å². The number of aromatic nitrogens is 8. The summed E-state index contributed by atoms with van der Waals surface area (Å²) in [7, 11) is 0. The van der Waals surface area contributed by atoms with Crippen molar-refractivity contribution >= 4 is 21.9 Å². The number of pyridine rings is 3. The van der Waals surface area contributed by atoms with Crippen LogP contribution in [-0.2, 0) is 6.54 Å². The third-order valence-electron chi connectivity index (χ3n) is 6.90. The van der Waals surface area contributed by atoms with Crippen LogP contribution in [0.5, 0.6) is 0 Å². The fraction of sp³-hybridized carbons (Fsp3) is 0.222. The predicted molar refractivity (Wildman–Crippen MR) is 139 cm³/mol. The van der Waals surface area contributed by atoms with Crippen molar-refractivity contribution in [3.8, 4) is 28.3 Å². The van der Waals surface area contributed by atoms with E-state index in [4.69, 9.17) is 4.98 Å². The van der Waals surface area contributed by atoms with E-state index in [1.807, 2.05) is 48.7 Å². The first-order valence-corrected chi connectivity index (χ1v) is 12.2. The Hall–Kier alpha value is -4.37. The van der Waals surface area contributed by atoms with E-state index in [1.54, 1.807) is 6.20 Å². The van der Waals surface area contributed by atoms with Crippen molar-refractivity contribution in [3.63, 3.8) is 0 Å². The molecule has 36 heavy (non-hydrogen) atoms. The minimum Gasteiger partial charge on any atom is -0.338 e. The maximum Gasteiger partial charge on any atom is 0.139 e. The Balaban J connectivity index is 1.28. The predicted octanol–water partition coefficient (Wildman–Crippen LogP) is 4.65. The third kappa shape index (κ3) is 3.64. The van der Waals surface area contributed by atoms with Crippen molar-refractivity contribution in [2.45, 2.75) is 26.3 Å². The van der Waals surface area contributed by atoms with E-state index >= 15 is 0 Å². The van der Waals surface area contributed by atoms with Crippen LogP contribution in [0.15, 0.2) is 61.6 Å². The van der Waals surface area contributed by atoms with Crippen molar-refractivity contribution in [1.82, 2.24) is 44.6 Å². The fourth-order valence-corrected chi connectivity index (χ4v) is 5.11. The molecule has 1 fully saturated rings. The lowest BCUT2D eigenvalue weighted by atomic mass is 10.1. The first-order valence-electron chi connectivity index (χ1n) is 12.2. The lowest BCUT2D eigenvalue weighted by Crippen LogP contribution is -2.18. The molecule has 6 aromatic heterocycles. The van der Waals surface area contributed by atoms with Crippen LogP contribution < -0.4 is 0 Å². The number of aryl methyl sites for hydroxylation is 1. The molecule has 0 aromatic carbocycles. The second-order valence-corrected chi connectivity index (χ2v) is 9.45. The zero-order valence-corrected chi connectivity index (χ0v) is 19.9. The van der Waals surface area contributed by atoms with Gasteiger partial charge >= 0.3 is 0 Å². The standard InChI is InChI=1S/C27H25N9/c1-17-14-36(16-31-17)25-4-5-29-27-21(25)10-23(32-27)26-20-9-22(30-13-24(20)33-34-26)19-8-18(11-28-12-19)15-35-6-2-3-7-35/h4-5,8-14,16H,2-3,6-7,15H2,1H3,(H,29,32)(H,33,34). The van der Waals surface area contributed by atoms with Crippen molar-refractivity contribution in [2.24, 2.45) is 0 Å². The molecular formula is C27H25N9. The summed E-state index contributed by atoms with van der Waals surface area (Å²) in [6.07, 6.45) is 13.9. The number of nitrogens with zero attached hydrogens (tertiary/aromatic N) is 7. The van der Waals surface area contributed by atoms with E-state index in [1.165, 1.54) is 18.4 Å². The number of fused-ring (bicyclic) bond motifs is 2. The van der Waals surface area contributed by atoms with Gasteiger partial charge in [-0.15, -0.1) is 0 Å². The van der Waals surface area contributed by atoms with Crippen LogP contribution in [-0.4, -0.2) is 57.7 Å². The van der Waals surface area contributed by atoms with Crippen LogP contribution in [0.3, 0.4) is 0 Å². The minimum absolute atomic E-state index is 0.804. The number of rotatable bonds is 5. The molecule has 0 atom stereocenters. The molecule has 7 rings (SSSR count). The van der Waals surface area contributed by atoms with Gasteiger partial charge in [0.15, 0.2) is 0 Å². The summed E-state index contributed by atoms with van der Waals surface area (Å²) in [6.45, 7) is 5.24. The summed E-state index contributed by atoms with van der Waals surface area (Å²) < 4.78 is 2.02. The van der Waals surface area contributed by atoms with Crippen molar-refractivity contribution < 1.29 is 0 Å². The summed E-state index contributed by atoms with van der Waals surface area (Å²) in [5.74, 6) is 0. The van der Waals surface area contributed by atoms with Gasteiger partial charge in [0.2, 0.25) is 0 Å². The molecular weight excluding hydrogens is 450 g/mol. The van der Waals surface area contributed by atoms with Crippen LogP contribution in [0, 0.1) is 6.92 Å². The number of H-pyrrole nitrogens is 2. The summed E-state index contributed by atoms with van der Waals surface area (Å²) in [5.41, 5.74) is 8.50. The van der Waals surface area contributed by atoms with Crippen LogP contribution in [0.2, 0.25) is 0 Å².